The molecule has 0 spiro atoms. The number of rotatable bonds is 15. The molecule has 17 aromatic rings. The number of fused-ring (bicyclic) bond motifs is 3. The van der Waals surface area contributed by atoms with E-state index in [2.05, 4.69) is 327 Å². The third kappa shape index (κ3) is 12.8. The molecule has 105 heavy (non-hydrogen) atoms. The highest BCUT2D eigenvalue weighted by Crippen LogP contribution is 2.50. The van der Waals surface area contributed by atoms with Crippen LogP contribution in [0.1, 0.15) is 25.0 Å². The Morgan fingerprint density at radius 3 is 0.905 bits per heavy atom. The minimum absolute atomic E-state index is 0.213. The number of pyridine rings is 3. The van der Waals surface area contributed by atoms with Crippen LogP contribution in [0.2, 0.25) is 0 Å². The van der Waals surface area contributed by atoms with Gasteiger partial charge in [0.15, 0.2) is 34.9 Å². The lowest BCUT2D eigenvalue weighted by Gasteiger charge is -2.21. The fourth-order valence-electron chi connectivity index (χ4n) is 14.5. The van der Waals surface area contributed by atoms with Crippen LogP contribution in [-0.2, 0) is 5.41 Å². The highest BCUT2D eigenvalue weighted by Gasteiger charge is 2.35. The van der Waals surface area contributed by atoms with E-state index in [1.165, 1.54) is 22.3 Å². The molecule has 0 bridgehead atoms. The van der Waals surface area contributed by atoms with Crippen molar-refractivity contribution in [2.75, 3.05) is 0 Å². The number of hydrogen-bond donors (Lipinski definition) is 0. The van der Waals surface area contributed by atoms with E-state index in [4.69, 9.17) is 34.9 Å². The lowest BCUT2D eigenvalue weighted by Crippen LogP contribution is -2.15. The minimum Gasteiger partial charge on any atom is -0.264 e. The quantitative estimate of drug-likeness (QED) is 0.0989. The number of aromatic nitrogens is 9. The lowest BCUT2D eigenvalue weighted by atomic mass is 9.82. The lowest BCUT2D eigenvalue weighted by molar-refractivity contribution is 0.660. The average molecular weight is 1340 g/mol. The second-order valence-corrected chi connectivity index (χ2v) is 27.1. The van der Waals surface area contributed by atoms with Gasteiger partial charge in [0, 0.05) is 92.0 Å². The summed E-state index contributed by atoms with van der Waals surface area (Å²) in [6.07, 6.45) is 9.36. The molecule has 5 heterocycles. The van der Waals surface area contributed by atoms with Crippen LogP contribution in [-0.4, -0.2) is 44.9 Å². The van der Waals surface area contributed by atoms with Gasteiger partial charge in [0.05, 0.1) is 5.69 Å². The summed E-state index contributed by atoms with van der Waals surface area (Å²) in [6, 6.07) is 115. The Labute approximate surface area is 609 Å². The molecule has 1 aliphatic rings. The molecule has 0 aliphatic heterocycles. The molecule has 494 valence electrons. The Morgan fingerprint density at radius 2 is 0.486 bits per heavy atom. The summed E-state index contributed by atoms with van der Waals surface area (Å²) in [7, 11) is 0. The summed E-state index contributed by atoms with van der Waals surface area (Å²) >= 11 is 0. The first-order valence-electron chi connectivity index (χ1n) is 35.3. The fraction of sp³-hybridized carbons (Fsp3) is 0.0312. The van der Waals surface area contributed by atoms with E-state index in [0.29, 0.717) is 34.9 Å². The molecule has 9 heteroatoms. The molecule has 0 atom stereocenters. The van der Waals surface area contributed by atoms with Crippen LogP contribution in [0.25, 0.3) is 180 Å². The highest BCUT2D eigenvalue weighted by molar-refractivity contribution is 5.86. The largest absolute Gasteiger partial charge is 0.264 e. The second kappa shape index (κ2) is 27.2. The Morgan fingerprint density at radius 1 is 0.190 bits per heavy atom. The number of hydrogen-bond acceptors (Lipinski definition) is 9. The first-order valence-corrected chi connectivity index (χ1v) is 35.3. The van der Waals surface area contributed by atoms with Crippen molar-refractivity contribution in [3.63, 3.8) is 0 Å². The van der Waals surface area contributed by atoms with E-state index in [-0.39, 0.29) is 5.41 Å². The summed E-state index contributed by atoms with van der Waals surface area (Å²) in [6.45, 7) is 4.61. The molecule has 5 aromatic heterocycles. The molecule has 12 aromatic carbocycles. The molecular formula is C96H65N9. The monoisotopic (exact) mass is 1340 g/mol. The van der Waals surface area contributed by atoms with E-state index in [0.717, 1.165) is 134 Å². The van der Waals surface area contributed by atoms with Gasteiger partial charge < -0.3 is 0 Å². The molecule has 0 saturated carbocycles. The van der Waals surface area contributed by atoms with Crippen LogP contribution in [0.3, 0.4) is 0 Å². The van der Waals surface area contributed by atoms with Crippen LogP contribution in [0, 0.1) is 0 Å². The van der Waals surface area contributed by atoms with Crippen LogP contribution < -0.4 is 0 Å². The van der Waals surface area contributed by atoms with Gasteiger partial charge in [0.25, 0.3) is 0 Å². The van der Waals surface area contributed by atoms with Gasteiger partial charge in [0.2, 0.25) is 0 Å². The normalized spacial score (nSPS) is 12.0. The van der Waals surface area contributed by atoms with Gasteiger partial charge in [-0.1, -0.05) is 257 Å². The van der Waals surface area contributed by atoms with Crippen molar-refractivity contribution in [3.8, 4) is 180 Å². The van der Waals surface area contributed by atoms with E-state index < -0.39 is 0 Å². The number of benzene rings is 12. The molecule has 18 rings (SSSR count). The molecule has 0 saturated heterocycles. The van der Waals surface area contributed by atoms with E-state index in [9.17, 15) is 0 Å². The average Bonchev–Trinajstić information content (AvgIpc) is 1.58. The zero-order valence-electron chi connectivity index (χ0n) is 57.6. The third-order valence-electron chi connectivity index (χ3n) is 20.0. The first kappa shape index (κ1) is 63.3. The van der Waals surface area contributed by atoms with Crippen molar-refractivity contribution in [1.29, 1.82) is 0 Å². The van der Waals surface area contributed by atoms with Gasteiger partial charge in [-0.3, -0.25) is 15.0 Å². The molecule has 0 amide bonds. The maximum Gasteiger partial charge on any atom is 0.164 e. The van der Waals surface area contributed by atoms with E-state index in [1.807, 2.05) is 42.9 Å². The van der Waals surface area contributed by atoms with Gasteiger partial charge in [-0.15, -0.1) is 0 Å². The fourth-order valence-corrected chi connectivity index (χ4v) is 14.5. The Bertz CT molecular complexity index is 5980. The zero-order valence-corrected chi connectivity index (χ0v) is 57.6. The summed E-state index contributed by atoms with van der Waals surface area (Å²) in [5.74, 6) is 3.43. The van der Waals surface area contributed by atoms with Crippen LogP contribution >= 0.6 is 0 Å². The van der Waals surface area contributed by atoms with Crippen molar-refractivity contribution in [1.82, 2.24) is 44.9 Å². The van der Waals surface area contributed by atoms with Gasteiger partial charge in [-0.25, -0.2) is 29.9 Å². The molecule has 0 radical (unpaired) electrons. The third-order valence-corrected chi connectivity index (χ3v) is 20.0. The molecule has 9 nitrogen and oxygen atoms in total. The SMILES string of the molecule is CC1(C)c2ccccc2-c2ccc(-c3nc(-c4cccc(-c5ccccc5)c4)nc(-c4cc(-c5ccccc5)cc(-c5ccc(-c6cccc(-c7cccc(-c8nc(-c9cccc(-c%10cccc(-c%11cccnc%11)c%10)c9)nc(-c9cccc(-c%10cccc(-c%11cccnc%11)c%10)c9)n8)c7)c6)cn5)c4)n3)cc21. The molecule has 0 unspecified atom stereocenters. The van der Waals surface area contributed by atoms with Crippen molar-refractivity contribution >= 4 is 0 Å². The topological polar surface area (TPSA) is 116 Å². The van der Waals surface area contributed by atoms with Crippen molar-refractivity contribution in [2.45, 2.75) is 19.3 Å². The molecule has 0 N–H and O–H groups in total. The Hall–Kier alpha value is -13.9. The van der Waals surface area contributed by atoms with Crippen molar-refractivity contribution in [2.24, 2.45) is 0 Å². The van der Waals surface area contributed by atoms with Crippen LogP contribution in [0.4, 0.5) is 0 Å². The summed E-state index contributed by atoms with van der Waals surface area (Å²) in [4.78, 5) is 46.0. The predicted molar refractivity (Wildman–Crippen MR) is 426 cm³/mol. The van der Waals surface area contributed by atoms with Crippen LogP contribution in [0.5, 0.6) is 0 Å². The van der Waals surface area contributed by atoms with Gasteiger partial charge >= 0.3 is 0 Å². The highest BCUT2D eigenvalue weighted by atomic mass is 15.0. The van der Waals surface area contributed by atoms with Crippen molar-refractivity contribution < 1.29 is 0 Å². The number of nitrogens with zero attached hydrogens (tertiary/aromatic N) is 9. The zero-order chi connectivity index (χ0) is 70.2. The molecule has 1 aliphatic carbocycles. The standard InChI is InChI=1S/C96H65N9/c1-96(2)87-41-10-9-40-85(87)86-44-42-78(58-88(86)96)94-103-93(74-34-14-24-64(51-74)62-20-5-3-6-21-62)104-95(105-94)84-56-82(63-22-7-4-8-23-63)55-83(57-84)89-45-43-81(61-99-89)73-33-13-27-67(50-73)70-30-17-37-77(54-70)92-101-90(75-35-15-28-68(52-75)65-25-11-31-71(48-65)79-38-18-46-97-59-79)100-91(102-92)76-36-16-29-69(53-76)66-26-12-32-72(49-66)80-39-19-47-98-60-80/h3-61H,1-2H3. The summed E-state index contributed by atoms with van der Waals surface area (Å²) in [5.41, 5.74) is 28.7. The second-order valence-electron chi connectivity index (χ2n) is 27.1. The van der Waals surface area contributed by atoms with Crippen molar-refractivity contribution in [3.05, 3.63) is 370 Å². The minimum atomic E-state index is -0.213. The maximum atomic E-state index is 5.40. The van der Waals surface area contributed by atoms with Gasteiger partial charge in [-0.05, 0) is 180 Å². The van der Waals surface area contributed by atoms with Gasteiger partial charge in [0.1, 0.15) is 0 Å². The van der Waals surface area contributed by atoms with Gasteiger partial charge in [-0.2, -0.15) is 0 Å². The van der Waals surface area contributed by atoms with E-state index in [1.54, 1.807) is 12.4 Å². The summed E-state index contributed by atoms with van der Waals surface area (Å²) in [5, 5.41) is 0. The maximum absolute atomic E-state index is 5.40. The first-order chi connectivity index (χ1) is 51.7. The Kier molecular flexibility index (Phi) is 16.4. The smallest absolute Gasteiger partial charge is 0.164 e. The van der Waals surface area contributed by atoms with E-state index >= 15 is 0 Å². The molecular weight excluding hydrogens is 1280 g/mol. The molecule has 0 fully saturated rings. The summed E-state index contributed by atoms with van der Waals surface area (Å²) < 4.78 is 0. The van der Waals surface area contributed by atoms with Crippen LogP contribution in [0.15, 0.2) is 359 Å². The predicted octanol–water partition coefficient (Wildman–Crippen LogP) is 23.6. The Balaban J connectivity index is 0.691.